The van der Waals surface area contributed by atoms with Gasteiger partial charge in [0.1, 0.15) is 6.26 Å². The Bertz CT molecular complexity index is 701. The highest BCUT2D eigenvalue weighted by molar-refractivity contribution is 5.56. The largest absolute Gasteiger partial charge is 0.432 e. The van der Waals surface area contributed by atoms with E-state index < -0.39 is 0 Å². The van der Waals surface area contributed by atoms with Crippen LogP contribution in [-0.4, -0.2) is 48.6 Å². The van der Waals surface area contributed by atoms with E-state index in [1.165, 1.54) is 55.7 Å². The Morgan fingerprint density at radius 2 is 1.96 bits per heavy atom. The van der Waals surface area contributed by atoms with E-state index in [1.54, 1.807) is 12.5 Å². The smallest absolute Gasteiger partial charge is 0.294 e. The SMILES string of the molecule is Cc1cccc(N2CCN(CCC3CC(Nc4ncco4)C3)CC2)c1C. The topological polar surface area (TPSA) is 44.5 Å². The van der Waals surface area contributed by atoms with E-state index in [0.29, 0.717) is 12.1 Å². The Labute approximate surface area is 156 Å². The number of piperazine rings is 1. The minimum Gasteiger partial charge on any atom is -0.432 e. The molecule has 1 N–H and O–H groups in total. The van der Waals surface area contributed by atoms with Gasteiger partial charge >= 0.3 is 0 Å². The summed E-state index contributed by atoms with van der Waals surface area (Å²) in [5, 5.41) is 3.36. The van der Waals surface area contributed by atoms with Crippen molar-refractivity contribution in [3.05, 3.63) is 41.8 Å². The quantitative estimate of drug-likeness (QED) is 0.857. The van der Waals surface area contributed by atoms with Crippen LogP contribution in [-0.2, 0) is 0 Å². The van der Waals surface area contributed by atoms with Gasteiger partial charge < -0.3 is 14.6 Å². The number of aromatic nitrogens is 1. The normalized spacial score (nSPS) is 23.7. The van der Waals surface area contributed by atoms with Crippen molar-refractivity contribution in [3.8, 4) is 0 Å². The number of oxazole rings is 1. The first-order valence-corrected chi connectivity index (χ1v) is 9.88. The molecule has 26 heavy (non-hydrogen) atoms. The van der Waals surface area contributed by atoms with Crippen LogP contribution in [0.1, 0.15) is 30.4 Å². The molecule has 5 nitrogen and oxygen atoms in total. The van der Waals surface area contributed by atoms with Crippen LogP contribution in [0.2, 0.25) is 0 Å². The van der Waals surface area contributed by atoms with Gasteiger partial charge in [0.25, 0.3) is 6.01 Å². The summed E-state index contributed by atoms with van der Waals surface area (Å²) in [5.41, 5.74) is 4.24. The molecule has 1 aliphatic heterocycles. The molecule has 1 saturated carbocycles. The predicted octanol–water partition coefficient (Wildman–Crippen LogP) is 3.69. The summed E-state index contributed by atoms with van der Waals surface area (Å²) in [6, 6.07) is 7.87. The van der Waals surface area contributed by atoms with Crippen LogP contribution in [0, 0.1) is 19.8 Å². The first kappa shape index (κ1) is 17.4. The van der Waals surface area contributed by atoms with Gasteiger partial charge in [-0.1, -0.05) is 12.1 Å². The maximum absolute atomic E-state index is 5.26. The third-order valence-electron chi connectivity index (χ3n) is 6.14. The molecule has 1 aromatic heterocycles. The van der Waals surface area contributed by atoms with Crippen LogP contribution in [0.4, 0.5) is 11.7 Å². The molecule has 0 unspecified atom stereocenters. The first-order chi connectivity index (χ1) is 12.7. The fourth-order valence-corrected chi connectivity index (χ4v) is 4.21. The highest BCUT2D eigenvalue weighted by Crippen LogP contribution is 2.32. The van der Waals surface area contributed by atoms with E-state index in [2.05, 4.69) is 52.1 Å². The van der Waals surface area contributed by atoms with Crippen molar-refractivity contribution in [2.24, 2.45) is 5.92 Å². The molecule has 0 bridgehead atoms. The number of nitrogens with one attached hydrogen (secondary N) is 1. The zero-order valence-electron chi connectivity index (χ0n) is 15.9. The zero-order chi connectivity index (χ0) is 17.9. The number of nitrogens with zero attached hydrogens (tertiary/aromatic N) is 3. The first-order valence-electron chi connectivity index (χ1n) is 9.88. The predicted molar refractivity (Wildman–Crippen MR) is 106 cm³/mol. The highest BCUT2D eigenvalue weighted by Gasteiger charge is 2.30. The van der Waals surface area contributed by atoms with Crippen molar-refractivity contribution in [1.29, 1.82) is 0 Å². The molecule has 2 fully saturated rings. The molecule has 2 aliphatic rings. The third-order valence-corrected chi connectivity index (χ3v) is 6.14. The Balaban J connectivity index is 1.17. The third kappa shape index (κ3) is 3.88. The number of anilines is 2. The molecule has 5 heteroatoms. The van der Waals surface area contributed by atoms with Crippen molar-refractivity contribution in [3.63, 3.8) is 0 Å². The van der Waals surface area contributed by atoms with E-state index in [-0.39, 0.29) is 0 Å². The molecule has 140 valence electrons. The lowest BCUT2D eigenvalue weighted by Gasteiger charge is -2.40. The maximum atomic E-state index is 5.26. The molecule has 1 aliphatic carbocycles. The van der Waals surface area contributed by atoms with Crippen LogP contribution in [0.5, 0.6) is 0 Å². The molecule has 1 saturated heterocycles. The minimum absolute atomic E-state index is 0.541. The standard InChI is InChI=1S/C21H30N4O/c1-16-4-3-5-20(17(16)2)25-11-9-24(10-12-25)8-6-18-14-19(15-18)23-21-22-7-13-26-21/h3-5,7,13,18-19H,6,8-12,14-15H2,1-2H3,(H,22,23). The number of benzene rings is 1. The van der Waals surface area contributed by atoms with Crippen molar-refractivity contribution in [1.82, 2.24) is 9.88 Å². The number of rotatable bonds is 6. The van der Waals surface area contributed by atoms with Gasteiger partial charge in [-0.05, 0) is 62.8 Å². The Morgan fingerprint density at radius 1 is 1.15 bits per heavy atom. The minimum atomic E-state index is 0.541. The Morgan fingerprint density at radius 3 is 2.69 bits per heavy atom. The van der Waals surface area contributed by atoms with Crippen LogP contribution < -0.4 is 10.2 Å². The van der Waals surface area contributed by atoms with E-state index in [9.17, 15) is 0 Å². The average molecular weight is 354 g/mol. The van der Waals surface area contributed by atoms with Crippen molar-refractivity contribution < 1.29 is 4.42 Å². The Kier molecular flexibility index (Phi) is 5.16. The lowest BCUT2D eigenvalue weighted by Crippen LogP contribution is -2.47. The molecule has 2 heterocycles. The second kappa shape index (κ2) is 7.70. The molecule has 4 rings (SSSR count). The second-order valence-corrected chi connectivity index (χ2v) is 7.85. The van der Waals surface area contributed by atoms with E-state index >= 15 is 0 Å². The van der Waals surface area contributed by atoms with Gasteiger partial charge in [-0.2, -0.15) is 0 Å². The van der Waals surface area contributed by atoms with Crippen molar-refractivity contribution >= 4 is 11.7 Å². The second-order valence-electron chi connectivity index (χ2n) is 7.85. The maximum Gasteiger partial charge on any atom is 0.294 e. The summed E-state index contributed by atoms with van der Waals surface area (Å²) in [6.45, 7) is 10.3. The lowest BCUT2D eigenvalue weighted by molar-refractivity contribution is 0.195. The number of hydrogen-bond donors (Lipinski definition) is 1. The van der Waals surface area contributed by atoms with Gasteiger partial charge in [-0.25, -0.2) is 4.98 Å². The van der Waals surface area contributed by atoms with E-state index in [0.717, 1.165) is 19.0 Å². The van der Waals surface area contributed by atoms with Crippen molar-refractivity contribution in [2.75, 3.05) is 42.9 Å². The number of hydrogen-bond acceptors (Lipinski definition) is 5. The molecule has 0 amide bonds. The van der Waals surface area contributed by atoms with Crippen LogP contribution in [0.25, 0.3) is 0 Å². The van der Waals surface area contributed by atoms with Crippen LogP contribution in [0.3, 0.4) is 0 Å². The fraction of sp³-hybridized carbons (Fsp3) is 0.571. The van der Waals surface area contributed by atoms with Crippen LogP contribution in [0.15, 0.2) is 35.1 Å². The summed E-state index contributed by atoms with van der Waals surface area (Å²) in [5.74, 6) is 0.847. The number of aryl methyl sites for hydroxylation is 1. The fourth-order valence-electron chi connectivity index (χ4n) is 4.21. The Hall–Kier alpha value is -2.01. The zero-order valence-corrected chi connectivity index (χ0v) is 15.9. The monoisotopic (exact) mass is 354 g/mol. The molecular formula is C21H30N4O. The lowest BCUT2D eigenvalue weighted by atomic mass is 9.78. The molecular weight excluding hydrogens is 324 g/mol. The molecule has 2 aromatic rings. The van der Waals surface area contributed by atoms with Crippen LogP contribution >= 0.6 is 0 Å². The molecule has 1 aromatic carbocycles. The summed E-state index contributed by atoms with van der Waals surface area (Å²) in [4.78, 5) is 9.32. The summed E-state index contributed by atoms with van der Waals surface area (Å²) in [6.07, 6.45) is 7.11. The van der Waals surface area contributed by atoms with Gasteiger partial charge in [-0.15, -0.1) is 0 Å². The van der Waals surface area contributed by atoms with Crippen molar-refractivity contribution in [2.45, 2.75) is 39.2 Å². The summed E-state index contributed by atoms with van der Waals surface area (Å²) < 4.78 is 5.26. The van der Waals surface area contributed by atoms with Gasteiger partial charge in [0.05, 0.1) is 6.20 Å². The molecule has 0 atom stereocenters. The highest BCUT2D eigenvalue weighted by atomic mass is 16.4. The van der Waals surface area contributed by atoms with Gasteiger partial charge in [0.2, 0.25) is 0 Å². The van der Waals surface area contributed by atoms with E-state index in [1.807, 2.05) is 0 Å². The van der Waals surface area contributed by atoms with Gasteiger partial charge in [0.15, 0.2) is 0 Å². The summed E-state index contributed by atoms with van der Waals surface area (Å²) >= 11 is 0. The molecule has 0 spiro atoms. The molecule has 0 radical (unpaired) electrons. The van der Waals surface area contributed by atoms with Gasteiger partial charge in [0, 0.05) is 37.9 Å². The average Bonchev–Trinajstić information content (AvgIpc) is 3.13. The van der Waals surface area contributed by atoms with Gasteiger partial charge in [-0.3, -0.25) is 4.90 Å². The van der Waals surface area contributed by atoms with E-state index in [4.69, 9.17) is 4.42 Å². The summed E-state index contributed by atoms with van der Waals surface area (Å²) in [7, 11) is 0.